The molecule has 3 aromatic carbocycles. The van der Waals surface area contributed by atoms with Crippen LogP contribution in [0.5, 0.6) is 17.2 Å². The molecule has 0 radical (unpaired) electrons. The van der Waals surface area contributed by atoms with Crippen LogP contribution in [0.4, 0.5) is 13.2 Å². The van der Waals surface area contributed by atoms with Crippen LogP contribution in [0.2, 0.25) is 0 Å². The second kappa shape index (κ2) is 10.1. The summed E-state index contributed by atoms with van der Waals surface area (Å²) in [5, 5.41) is 0. The maximum absolute atomic E-state index is 12.4. The van der Waals surface area contributed by atoms with Gasteiger partial charge in [0.25, 0.3) is 0 Å². The van der Waals surface area contributed by atoms with E-state index >= 15 is 0 Å². The van der Waals surface area contributed by atoms with E-state index in [1.54, 1.807) is 19.2 Å². The molecule has 33 heavy (non-hydrogen) atoms. The van der Waals surface area contributed by atoms with Gasteiger partial charge in [0.1, 0.15) is 17.2 Å². The van der Waals surface area contributed by atoms with E-state index in [4.69, 9.17) is 9.47 Å². The van der Waals surface area contributed by atoms with Gasteiger partial charge in [-0.05, 0) is 52.4 Å². The summed E-state index contributed by atoms with van der Waals surface area (Å²) in [6.45, 7) is 6.91. The highest BCUT2D eigenvalue weighted by atomic mass is 19.4. The van der Waals surface area contributed by atoms with Crippen molar-refractivity contribution in [1.82, 2.24) is 0 Å². The lowest BCUT2D eigenvalue weighted by Crippen LogP contribution is -2.16. The van der Waals surface area contributed by atoms with Crippen molar-refractivity contribution in [3.8, 4) is 28.4 Å². The quantitative estimate of drug-likeness (QED) is 0.360. The van der Waals surface area contributed by atoms with Crippen molar-refractivity contribution >= 4 is 6.08 Å². The van der Waals surface area contributed by atoms with Gasteiger partial charge in [0.05, 0.1) is 6.61 Å². The number of halogens is 3. The third-order valence-corrected chi connectivity index (χ3v) is 4.94. The van der Waals surface area contributed by atoms with Crippen LogP contribution in [0.15, 0.2) is 72.8 Å². The van der Waals surface area contributed by atoms with E-state index in [-0.39, 0.29) is 11.2 Å². The van der Waals surface area contributed by atoms with Crippen LogP contribution in [0, 0.1) is 0 Å². The first-order chi connectivity index (χ1) is 15.5. The molecule has 0 amide bonds. The molecule has 0 spiro atoms. The lowest BCUT2D eigenvalue weighted by Gasteiger charge is -2.19. The molecule has 3 aromatic rings. The van der Waals surface area contributed by atoms with Gasteiger partial charge in [-0.25, -0.2) is 0 Å². The molecule has 3 nitrogen and oxygen atoms in total. The van der Waals surface area contributed by atoms with Crippen molar-refractivity contribution in [2.45, 2.75) is 32.5 Å². The molecule has 174 valence electrons. The standard InChI is InChI=1S/C27H27F3O3/c1-26(2,3)22-11-15-23(16-12-22)32-25-18-21(8-7-20(25)6-5-17-31-4)19-9-13-24(14-10-19)33-27(28,29)30/h5-16,18H,17H2,1-4H3/b6-5+. The highest BCUT2D eigenvalue weighted by Crippen LogP contribution is 2.34. The summed E-state index contributed by atoms with van der Waals surface area (Å²) in [5.41, 5.74) is 3.63. The molecule has 0 unspecified atom stereocenters. The summed E-state index contributed by atoms with van der Waals surface area (Å²) in [6, 6.07) is 19.3. The first-order valence-electron chi connectivity index (χ1n) is 10.5. The average Bonchev–Trinajstić information content (AvgIpc) is 2.74. The topological polar surface area (TPSA) is 27.7 Å². The average molecular weight is 457 g/mol. The normalized spacial score (nSPS) is 12.2. The van der Waals surface area contributed by atoms with Crippen LogP contribution in [-0.2, 0) is 10.2 Å². The molecule has 0 aliphatic carbocycles. The maximum Gasteiger partial charge on any atom is 0.573 e. The Balaban J connectivity index is 1.91. The first kappa shape index (κ1) is 24.4. The van der Waals surface area contributed by atoms with Gasteiger partial charge >= 0.3 is 6.36 Å². The molecular formula is C27H27F3O3. The molecule has 0 aromatic heterocycles. The molecule has 0 saturated carbocycles. The van der Waals surface area contributed by atoms with Crippen LogP contribution in [-0.4, -0.2) is 20.1 Å². The molecule has 0 aliphatic heterocycles. The minimum Gasteiger partial charge on any atom is -0.457 e. The number of hydrogen-bond acceptors (Lipinski definition) is 3. The zero-order valence-electron chi connectivity index (χ0n) is 19.1. The Kier molecular flexibility index (Phi) is 7.49. The number of methoxy groups -OCH3 is 1. The molecule has 0 aliphatic rings. The van der Waals surface area contributed by atoms with Gasteiger partial charge in [-0.3, -0.25) is 0 Å². The highest BCUT2D eigenvalue weighted by Gasteiger charge is 2.31. The lowest BCUT2D eigenvalue weighted by molar-refractivity contribution is -0.274. The largest absolute Gasteiger partial charge is 0.573 e. The van der Waals surface area contributed by atoms with Crippen molar-refractivity contribution < 1.29 is 27.4 Å². The Labute approximate surface area is 192 Å². The van der Waals surface area contributed by atoms with Gasteiger partial charge in [-0.1, -0.05) is 69.3 Å². The van der Waals surface area contributed by atoms with E-state index < -0.39 is 6.36 Å². The summed E-state index contributed by atoms with van der Waals surface area (Å²) in [4.78, 5) is 0. The van der Waals surface area contributed by atoms with Gasteiger partial charge in [0, 0.05) is 12.7 Å². The second-order valence-corrected chi connectivity index (χ2v) is 8.56. The Morgan fingerprint density at radius 2 is 1.39 bits per heavy atom. The second-order valence-electron chi connectivity index (χ2n) is 8.56. The SMILES string of the molecule is COC/C=C/c1ccc(-c2ccc(OC(F)(F)F)cc2)cc1Oc1ccc(C(C)(C)C)cc1. The first-order valence-corrected chi connectivity index (χ1v) is 10.5. The fraction of sp³-hybridized carbons (Fsp3) is 0.259. The third kappa shape index (κ3) is 7.12. The minimum absolute atomic E-state index is 0.0362. The van der Waals surface area contributed by atoms with Gasteiger partial charge < -0.3 is 14.2 Å². The van der Waals surface area contributed by atoms with E-state index in [1.165, 1.54) is 17.7 Å². The van der Waals surface area contributed by atoms with E-state index in [0.29, 0.717) is 18.1 Å². The zero-order chi connectivity index (χ0) is 24.1. The predicted molar refractivity (Wildman–Crippen MR) is 125 cm³/mol. The minimum atomic E-state index is -4.72. The highest BCUT2D eigenvalue weighted by molar-refractivity contribution is 5.70. The van der Waals surface area contributed by atoms with Crippen LogP contribution in [0.3, 0.4) is 0 Å². The Morgan fingerprint density at radius 1 is 0.788 bits per heavy atom. The molecule has 0 saturated heterocycles. The number of rotatable bonds is 7. The summed E-state index contributed by atoms with van der Waals surface area (Å²) in [7, 11) is 1.62. The van der Waals surface area contributed by atoms with Crippen molar-refractivity contribution in [1.29, 1.82) is 0 Å². The molecule has 0 atom stereocenters. The fourth-order valence-electron chi connectivity index (χ4n) is 3.21. The van der Waals surface area contributed by atoms with Gasteiger partial charge in [0.15, 0.2) is 0 Å². The van der Waals surface area contributed by atoms with Crippen molar-refractivity contribution in [3.05, 3.63) is 83.9 Å². The molecule has 6 heteroatoms. The smallest absolute Gasteiger partial charge is 0.457 e. The molecule has 0 N–H and O–H groups in total. The number of benzene rings is 3. The Morgan fingerprint density at radius 3 is 1.97 bits per heavy atom. The van der Waals surface area contributed by atoms with Crippen molar-refractivity contribution in [3.63, 3.8) is 0 Å². The zero-order valence-corrected chi connectivity index (χ0v) is 19.1. The van der Waals surface area contributed by atoms with E-state index in [0.717, 1.165) is 16.7 Å². The maximum atomic E-state index is 12.4. The summed E-state index contributed by atoms with van der Waals surface area (Å²) >= 11 is 0. The van der Waals surface area contributed by atoms with Gasteiger partial charge in [0.2, 0.25) is 0 Å². The van der Waals surface area contributed by atoms with E-state index in [9.17, 15) is 13.2 Å². The summed E-state index contributed by atoms with van der Waals surface area (Å²) < 4.78 is 52.5. The number of alkyl halides is 3. The van der Waals surface area contributed by atoms with Crippen LogP contribution >= 0.6 is 0 Å². The van der Waals surface area contributed by atoms with Crippen molar-refractivity contribution in [2.24, 2.45) is 0 Å². The third-order valence-electron chi connectivity index (χ3n) is 4.94. The lowest BCUT2D eigenvalue weighted by atomic mass is 9.87. The molecule has 0 fully saturated rings. The monoisotopic (exact) mass is 456 g/mol. The summed E-state index contributed by atoms with van der Waals surface area (Å²) in [5.74, 6) is 1.05. The fourth-order valence-corrected chi connectivity index (χ4v) is 3.21. The van der Waals surface area contributed by atoms with Crippen LogP contribution in [0.25, 0.3) is 17.2 Å². The van der Waals surface area contributed by atoms with Gasteiger partial charge in [-0.15, -0.1) is 13.2 Å². The van der Waals surface area contributed by atoms with Crippen LogP contribution < -0.4 is 9.47 Å². The Bertz CT molecular complexity index is 1080. The van der Waals surface area contributed by atoms with E-state index in [2.05, 4.69) is 25.5 Å². The Hall–Kier alpha value is -3.25. The predicted octanol–water partition coefficient (Wildman–Crippen LogP) is 8.00. The summed E-state index contributed by atoms with van der Waals surface area (Å²) in [6.07, 6.45) is -0.929. The number of hydrogen-bond donors (Lipinski definition) is 0. The molecule has 0 bridgehead atoms. The number of ether oxygens (including phenoxy) is 3. The van der Waals surface area contributed by atoms with Gasteiger partial charge in [-0.2, -0.15) is 0 Å². The van der Waals surface area contributed by atoms with E-state index in [1.807, 2.05) is 54.6 Å². The molecule has 0 heterocycles. The molecular weight excluding hydrogens is 429 g/mol. The van der Waals surface area contributed by atoms with Crippen LogP contribution in [0.1, 0.15) is 31.9 Å². The van der Waals surface area contributed by atoms with Crippen molar-refractivity contribution in [2.75, 3.05) is 13.7 Å². The molecule has 3 rings (SSSR count).